The van der Waals surface area contributed by atoms with Crippen LogP contribution in [0.4, 0.5) is 0 Å². The first-order valence-electron chi connectivity index (χ1n) is 8.88. The Bertz CT molecular complexity index is 754. The van der Waals surface area contributed by atoms with E-state index in [1.165, 1.54) is 11.3 Å². The number of carbonyl (C=O) groups is 2. The van der Waals surface area contributed by atoms with Gasteiger partial charge in [0.25, 0.3) is 11.8 Å². The average molecular weight is 373 g/mol. The SMILES string of the molecule is CCc1ncc(C(=O)NCCc2ccc(OCC(=O)NC3CC3)cc2)s1. The van der Waals surface area contributed by atoms with Crippen molar-refractivity contribution in [1.29, 1.82) is 0 Å². The molecule has 1 aromatic heterocycles. The molecule has 0 bridgehead atoms. The summed E-state index contributed by atoms with van der Waals surface area (Å²) in [6.07, 6.45) is 5.34. The molecular formula is C19H23N3O3S. The lowest BCUT2D eigenvalue weighted by molar-refractivity contribution is -0.123. The Kier molecular flexibility index (Phi) is 6.22. The van der Waals surface area contributed by atoms with E-state index in [0.717, 1.165) is 36.3 Å². The number of nitrogens with one attached hydrogen (secondary N) is 2. The zero-order valence-electron chi connectivity index (χ0n) is 14.8. The van der Waals surface area contributed by atoms with Gasteiger partial charge >= 0.3 is 0 Å². The van der Waals surface area contributed by atoms with Gasteiger partial charge in [-0.2, -0.15) is 0 Å². The largest absolute Gasteiger partial charge is 0.484 e. The number of nitrogens with zero attached hydrogens (tertiary/aromatic N) is 1. The second-order valence-corrected chi connectivity index (χ2v) is 7.37. The van der Waals surface area contributed by atoms with Crippen LogP contribution in [0.2, 0.25) is 0 Å². The molecule has 2 N–H and O–H groups in total. The maximum absolute atomic E-state index is 12.0. The summed E-state index contributed by atoms with van der Waals surface area (Å²) in [7, 11) is 0. The molecule has 2 amide bonds. The Balaban J connectivity index is 1.38. The summed E-state index contributed by atoms with van der Waals surface area (Å²) in [4.78, 5) is 28.5. The van der Waals surface area contributed by atoms with Crippen LogP contribution in [0.1, 0.15) is 40.0 Å². The molecule has 26 heavy (non-hydrogen) atoms. The second-order valence-electron chi connectivity index (χ2n) is 6.25. The molecule has 1 aromatic carbocycles. The van der Waals surface area contributed by atoms with Gasteiger partial charge in [0.05, 0.1) is 11.2 Å². The van der Waals surface area contributed by atoms with Crippen LogP contribution in [0.3, 0.4) is 0 Å². The van der Waals surface area contributed by atoms with Crippen molar-refractivity contribution in [1.82, 2.24) is 15.6 Å². The summed E-state index contributed by atoms with van der Waals surface area (Å²) in [6, 6.07) is 7.93. The number of carbonyl (C=O) groups excluding carboxylic acids is 2. The van der Waals surface area contributed by atoms with E-state index in [-0.39, 0.29) is 18.4 Å². The van der Waals surface area contributed by atoms with Crippen LogP contribution in [0.25, 0.3) is 0 Å². The van der Waals surface area contributed by atoms with Crippen LogP contribution in [0.15, 0.2) is 30.5 Å². The van der Waals surface area contributed by atoms with E-state index < -0.39 is 0 Å². The molecule has 1 saturated carbocycles. The van der Waals surface area contributed by atoms with Crippen molar-refractivity contribution in [3.8, 4) is 5.75 Å². The molecule has 0 spiro atoms. The Morgan fingerprint density at radius 3 is 2.69 bits per heavy atom. The first-order valence-corrected chi connectivity index (χ1v) is 9.69. The predicted octanol–water partition coefficient (Wildman–Crippen LogP) is 2.34. The molecule has 138 valence electrons. The number of hydrogen-bond acceptors (Lipinski definition) is 5. The molecule has 2 aromatic rings. The summed E-state index contributed by atoms with van der Waals surface area (Å²) in [5.74, 6) is 0.512. The van der Waals surface area contributed by atoms with E-state index >= 15 is 0 Å². The highest BCUT2D eigenvalue weighted by Gasteiger charge is 2.23. The van der Waals surface area contributed by atoms with Crippen molar-refractivity contribution in [2.45, 2.75) is 38.6 Å². The topological polar surface area (TPSA) is 80.3 Å². The average Bonchev–Trinajstić information content (AvgIpc) is 3.33. The number of benzene rings is 1. The van der Waals surface area contributed by atoms with Gasteiger partial charge < -0.3 is 15.4 Å². The third kappa shape index (κ3) is 5.56. The lowest BCUT2D eigenvalue weighted by atomic mass is 10.1. The molecule has 1 heterocycles. The van der Waals surface area contributed by atoms with E-state index in [1.807, 2.05) is 31.2 Å². The van der Waals surface area contributed by atoms with Crippen LogP contribution in [0, 0.1) is 0 Å². The number of ether oxygens (including phenoxy) is 1. The summed E-state index contributed by atoms with van der Waals surface area (Å²) < 4.78 is 5.48. The van der Waals surface area contributed by atoms with Gasteiger partial charge in [0.15, 0.2) is 6.61 Å². The molecule has 1 fully saturated rings. The van der Waals surface area contributed by atoms with Gasteiger partial charge in [-0.15, -0.1) is 11.3 Å². The minimum Gasteiger partial charge on any atom is -0.484 e. The maximum atomic E-state index is 12.0. The van der Waals surface area contributed by atoms with E-state index in [1.54, 1.807) is 6.20 Å². The molecule has 6 nitrogen and oxygen atoms in total. The van der Waals surface area contributed by atoms with E-state index in [4.69, 9.17) is 4.74 Å². The number of aromatic nitrogens is 1. The van der Waals surface area contributed by atoms with Crippen LogP contribution < -0.4 is 15.4 Å². The van der Waals surface area contributed by atoms with Crippen LogP contribution in [-0.4, -0.2) is 36.0 Å². The fourth-order valence-electron chi connectivity index (χ4n) is 2.38. The lowest BCUT2D eigenvalue weighted by Gasteiger charge is -2.08. The summed E-state index contributed by atoms with van der Waals surface area (Å²) in [6.45, 7) is 2.62. The number of rotatable bonds is 9. The third-order valence-corrected chi connectivity index (χ3v) is 5.16. The highest BCUT2D eigenvalue weighted by atomic mass is 32.1. The van der Waals surface area contributed by atoms with Gasteiger partial charge in [-0.25, -0.2) is 4.98 Å². The fraction of sp³-hybridized carbons (Fsp3) is 0.421. The van der Waals surface area contributed by atoms with Gasteiger partial charge in [-0.05, 0) is 43.4 Å². The minimum absolute atomic E-state index is 0.0422. The number of thiazole rings is 1. The monoisotopic (exact) mass is 373 g/mol. The van der Waals surface area contributed by atoms with Gasteiger partial charge in [0.1, 0.15) is 10.6 Å². The Hall–Kier alpha value is -2.41. The maximum Gasteiger partial charge on any atom is 0.263 e. The molecular weight excluding hydrogens is 350 g/mol. The molecule has 7 heteroatoms. The van der Waals surface area contributed by atoms with Crippen molar-refractivity contribution >= 4 is 23.2 Å². The quantitative estimate of drug-likeness (QED) is 0.707. The van der Waals surface area contributed by atoms with Crippen LogP contribution in [0.5, 0.6) is 5.75 Å². The zero-order valence-corrected chi connectivity index (χ0v) is 15.6. The minimum atomic E-state index is -0.0798. The highest BCUT2D eigenvalue weighted by Crippen LogP contribution is 2.18. The van der Waals surface area contributed by atoms with Gasteiger partial charge in [-0.3, -0.25) is 9.59 Å². The highest BCUT2D eigenvalue weighted by molar-refractivity contribution is 7.13. The number of aryl methyl sites for hydroxylation is 1. The Morgan fingerprint density at radius 2 is 2.04 bits per heavy atom. The van der Waals surface area contributed by atoms with Crippen LogP contribution >= 0.6 is 11.3 Å². The van der Waals surface area contributed by atoms with Gasteiger partial charge in [-0.1, -0.05) is 19.1 Å². The van der Waals surface area contributed by atoms with Crippen molar-refractivity contribution in [2.24, 2.45) is 0 Å². The smallest absolute Gasteiger partial charge is 0.263 e. The number of amides is 2. The van der Waals surface area contributed by atoms with Gasteiger partial charge in [0.2, 0.25) is 0 Å². The molecule has 0 unspecified atom stereocenters. The first-order chi connectivity index (χ1) is 12.6. The van der Waals surface area contributed by atoms with E-state index in [0.29, 0.717) is 23.2 Å². The van der Waals surface area contributed by atoms with E-state index in [2.05, 4.69) is 15.6 Å². The molecule has 3 rings (SSSR count). The Labute approximate surface area is 157 Å². The first kappa shape index (κ1) is 18.4. The standard InChI is InChI=1S/C19H23N3O3S/c1-2-18-21-11-16(26-18)19(24)20-10-9-13-3-7-15(8-4-13)25-12-17(23)22-14-5-6-14/h3-4,7-8,11,14H,2,5-6,9-10,12H2,1H3,(H,20,24)(H,22,23). The van der Waals surface area contributed by atoms with Crippen molar-refractivity contribution in [2.75, 3.05) is 13.2 Å². The summed E-state index contributed by atoms with van der Waals surface area (Å²) in [5, 5.41) is 6.76. The lowest BCUT2D eigenvalue weighted by Crippen LogP contribution is -2.30. The molecule has 0 atom stereocenters. The van der Waals surface area contributed by atoms with Gasteiger partial charge in [0, 0.05) is 12.6 Å². The fourth-order valence-corrected chi connectivity index (χ4v) is 3.16. The van der Waals surface area contributed by atoms with Crippen molar-refractivity contribution in [3.05, 3.63) is 45.9 Å². The molecule has 0 radical (unpaired) electrons. The van der Waals surface area contributed by atoms with Crippen LogP contribution in [-0.2, 0) is 17.6 Å². The number of hydrogen-bond donors (Lipinski definition) is 2. The van der Waals surface area contributed by atoms with Crippen molar-refractivity contribution in [3.63, 3.8) is 0 Å². The molecule has 1 aliphatic carbocycles. The normalized spacial score (nSPS) is 13.3. The summed E-state index contributed by atoms with van der Waals surface area (Å²) in [5.41, 5.74) is 1.10. The predicted molar refractivity (Wildman–Crippen MR) is 101 cm³/mol. The zero-order chi connectivity index (χ0) is 18.4. The molecule has 0 aliphatic heterocycles. The van der Waals surface area contributed by atoms with Crippen molar-refractivity contribution < 1.29 is 14.3 Å². The Morgan fingerprint density at radius 1 is 1.27 bits per heavy atom. The van der Waals surface area contributed by atoms with E-state index in [9.17, 15) is 9.59 Å². The second kappa shape index (κ2) is 8.80. The molecule has 0 saturated heterocycles. The molecule has 1 aliphatic rings. The summed E-state index contributed by atoms with van der Waals surface area (Å²) >= 11 is 1.43. The third-order valence-electron chi connectivity index (χ3n) is 4.01.